The molecule has 3 heteroatoms. The molecule has 156 valence electrons. The molecule has 2 rings (SSSR count). The lowest BCUT2D eigenvalue weighted by Gasteiger charge is -2.20. The summed E-state index contributed by atoms with van der Waals surface area (Å²) in [5, 5.41) is 1.71. The third-order valence-electron chi connectivity index (χ3n) is 5.20. The van der Waals surface area contributed by atoms with Gasteiger partial charge in [0.05, 0.1) is 0 Å². The van der Waals surface area contributed by atoms with Crippen LogP contribution in [0.2, 0.25) is 5.02 Å². The number of hydrogen-bond acceptors (Lipinski definition) is 2. The summed E-state index contributed by atoms with van der Waals surface area (Å²) in [6.45, 7) is 14.7. The summed E-state index contributed by atoms with van der Waals surface area (Å²) in [6, 6.07) is 9.75. The van der Waals surface area contributed by atoms with Crippen molar-refractivity contribution in [2.45, 2.75) is 61.3 Å². The monoisotopic (exact) mass is 412 g/mol. The lowest BCUT2D eigenvalue weighted by Crippen LogP contribution is -2.27. The predicted octanol–water partition coefficient (Wildman–Crippen LogP) is 6.65. The number of Topliss-reactive ketones (excluding diaryl/α,β-unsaturated/α-hetero) is 1. The van der Waals surface area contributed by atoms with Crippen LogP contribution >= 0.6 is 11.6 Å². The fraction of sp³-hybridized carbons (Fsp3) is 0.423. The van der Waals surface area contributed by atoms with Crippen molar-refractivity contribution in [2.24, 2.45) is 11.3 Å². The molecule has 1 aromatic carbocycles. The third kappa shape index (κ3) is 5.73. The van der Waals surface area contributed by atoms with Crippen LogP contribution in [-0.2, 0) is 0 Å². The van der Waals surface area contributed by atoms with Crippen molar-refractivity contribution in [1.29, 1.82) is 0 Å². The predicted molar refractivity (Wildman–Crippen MR) is 124 cm³/mol. The molecule has 0 amide bonds. The van der Waals surface area contributed by atoms with E-state index < -0.39 is 0 Å². The molecule has 1 heterocycles. The molecule has 0 saturated heterocycles. The van der Waals surface area contributed by atoms with Gasteiger partial charge < -0.3 is 4.42 Å². The van der Waals surface area contributed by atoms with E-state index in [1.807, 2.05) is 44.2 Å². The van der Waals surface area contributed by atoms with Crippen molar-refractivity contribution in [3.63, 3.8) is 0 Å². The van der Waals surface area contributed by atoms with Crippen LogP contribution in [0.25, 0.3) is 17.2 Å². The minimum atomic E-state index is -0.154. The second kappa shape index (κ2) is 9.63. The first-order valence-electron chi connectivity index (χ1n) is 10.4. The molecule has 0 spiro atoms. The molecule has 0 fully saturated rings. The largest absolute Gasteiger partial charge is 0.453 e. The van der Waals surface area contributed by atoms with Crippen molar-refractivity contribution in [3.8, 4) is 0 Å². The fourth-order valence-electron chi connectivity index (χ4n) is 3.17. The first-order chi connectivity index (χ1) is 13.6. The maximum Gasteiger partial charge on any atom is 0.200 e. The second-order valence-corrected chi connectivity index (χ2v) is 9.12. The molecule has 0 aliphatic carbocycles. The van der Waals surface area contributed by atoms with Crippen LogP contribution in [0.5, 0.6) is 0 Å². The molecular formula is C26H33ClO2. The number of carbonyl (C=O) groups excluding carboxylic acids is 1. The van der Waals surface area contributed by atoms with E-state index >= 15 is 0 Å². The number of carbonyl (C=O) groups is 1. The first-order valence-corrected chi connectivity index (χ1v) is 10.8. The highest BCUT2D eigenvalue weighted by Crippen LogP contribution is 2.30. The average molecular weight is 413 g/mol. The zero-order valence-corrected chi connectivity index (χ0v) is 19.5. The molecule has 0 aliphatic heterocycles. The topological polar surface area (TPSA) is 30.2 Å². The molecule has 0 aliphatic rings. The van der Waals surface area contributed by atoms with E-state index in [9.17, 15) is 4.79 Å². The van der Waals surface area contributed by atoms with Gasteiger partial charge in [-0.15, -0.1) is 0 Å². The molecule has 1 atom stereocenters. The molecule has 1 unspecified atom stereocenters. The van der Waals surface area contributed by atoms with Crippen molar-refractivity contribution in [3.05, 3.63) is 63.4 Å². The minimum Gasteiger partial charge on any atom is -0.453 e. The summed E-state index contributed by atoms with van der Waals surface area (Å²) in [4.78, 5) is 12.7. The lowest BCUT2D eigenvalue weighted by molar-refractivity contribution is 0.0897. The zero-order chi connectivity index (χ0) is 21.8. The van der Waals surface area contributed by atoms with E-state index in [4.69, 9.17) is 16.0 Å². The maximum absolute atomic E-state index is 12.7. The molecule has 0 radical (unpaired) electrons. The zero-order valence-electron chi connectivity index (χ0n) is 18.7. The first kappa shape index (κ1) is 23.2. The van der Waals surface area contributed by atoms with Gasteiger partial charge in [0.15, 0.2) is 5.76 Å². The van der Waals surface area contributed by atoms with E-state index in [0.717, 1.165) is 45.2 Å². The van der Waals surface area contributed by atoms with E-state index in [2.05, 4.69) is 46.8 Å². The Bertz CT molecular complexity index is 998. The van der Waals surface area contributed by atoms with E-state index in [1.165, 1.54) is 0 Å². The summed E-state index contributed by atoms with van der Waals surface area (Å²) >= 11 is 6.04. The summed E-state index contributed by atoms with van der Waals surface area (Å²) in [6.07, 6.45) is 5.98. The molecule has 0 saturated carbocycles. The second-order valence-electron chi connectivity index (χ2n) is 8.68. The van der Waals surface area contributed by atoms with Crippen LogP contribution in [0.4, 0.5) is 0 Å². The average Bonchev–Trinajstić information content (AvgIpc) is 3.07. The van der Waals surface area contributed by atoms with Crippen molar-refractivity contribution in [2.75, 3.05) is 0 Å². The third-order valence-corrected chi connectivity index (χ3v) is 5.45. The molecule has 2 aromatic rings. The summed E-state index contributed by atoms with van der Waals surface area (Å²) in [7, 11) is 0. The highest BCUT2D eigenvalue weighted by Gasteiger charge is 2.22. The highest BCUT2D eigenvalue weighted by atomic mass is 35.5. The Morgan fingerprint density at radius 2 is 1.79 bits per heavy atom. The molecule has 0 bridgehead atoms. The molecule has 29 heavy (non-hydrogen) atoms. The lowest BCUT2D eigenvalue weighted by atomic mass is 9.84. The van der Waals surface area contributed by atoms with Crippen LogP contribution in [0.3, 0.4) is 0 Å². The van der Waals surface area contributed by atoms with Gasteiger partial charge >= 0.3 is 0 Å². The Balaban J connectivity index is 2.77. The van der Waals surface area contributed by atoms with Gasteiger partial charge in [0.1, 0.15) is 5.42 Å². The Kier molecular flexibility index (Phi) is 7.71. The van der Waals surface area contributed by atoms with Crippen molar-refractivity contribution in [1.82, 2.24) is 0 Å². The number of allylic oxidation sites excluding steroid dienone is 2. The van der Waals surface area contributed by atoms with Crippen molar-refractivity contribution < 1.29 is 9.21 Å². The smallest absolute Gasteiger partial charge is 0.200 e. The van der Waals surface area contributed by atoms with Crippen molar-refractivity contribution >= 4 is 34.6 Å². The van der Waals surface area contributed by atoms with E-state index in [0.29, 0.717) is 5.76 Å². The molecule has 2 nitrogen and oxygen atoms in total. The van der Waals surface area contributed by atoms with Gasteiger partial charge in [-0.2, -0.15) is 0 Å². The maximum atomic E-state index is 12.7. The Hall–Kier alpha value is -2.06. The Labute approximate surface area is 180 Å². The summed E-state index contributed by atoms with van der Waals surface area (Å²) in [5.74, 6) is 0.470. The van der Waals surface area contributed by atoms with Gasteiger partial charge in [0.2, 0.25) is 5.78 Å². The van der Waals surface area contributed by atoms with Crippen LogP contribution in [0, 0.1) is 11.3 Å². The minimum absolute atomic E-state index is 0.0482. The molecular weight excluding hydrogens is 380 g/mol. The van der Waals surface area contributed by atoms with Crippen LogP contribution < -0.4 is 10.6 Å². The normalized spacial score (nSPS) is 15.4. The SMILES string of the molecule is CC\C=c1/cc(C(=O)C(C)CC)o/c1=C(/C=C(\C)c1ccc(Cl)cc1)C(C)(C)C. The van der Waals surface area contributed by atoms with Gasteiger partial charge in [0, 0.05) is 21.7 Å². The number of hydrogen-bond donors (Lipinski definition) is 0. The molecule has 1 aromatic heterocycles. The van der Waals surface area contributed by atoms with Gasteiger partial charge in [0.25, 0.3) is 0 Å². The fourth-order valence-corrected chi connectivity index (χ4v) is 3.30. The van der Waals surface area contributed by atoms with Gasteiger partial charge in [-0.1, -0.05) is 77.4 Å². The number of benzene rings is 1. The van der Waals surface area contributed by atoms with E-state index in [1.54, 1.807) is 0 Å². The van der Waals surface area contributed by atoms with Gasteiger partial charge in [-0.25, -0.2) is 0 Å². The number of rotatable bonds is 6. The number of furan rings is 1. The summed E-state index contributed by atoms with van der Waals surface area (Å²) in [5.41, 5.74) is 3.95. The summed E-state index contributed by atoms with van der Waals surface area (Å²) < 4.78 is 6.21. The van der Waals surface area contributed by atoms with E-state index in [-0.39, 0.29) is 17.1 Å². The van der Waals surface area contributed by atoms with Crippen LogP contribution in [-0.4, -0.2) is 5.78 Å². The van der Waals surface area contributed by atoms with Gasteiger partial charge in [-0.3, -0.25) is 4.79 Å². The van der Waals surface area contributed by atoms with Crippen LogP contribution in [0.15, 0.2) is 40.8 Å². The number of ketones is 1. The Morgan fingerprint density at radius 1 is 1.17 bits per heavy atom. The van der Waals surface area contributed by atoms with Crippen LogP contribution in [0.1, 0.15) is 77.4 Å². The quantitative estimate of drug-likeness (QED) is 0.497. The highest BCUT2D eigenvalue weighted by molar-refractivity contribution is 6.30. The number of halogens is 1. The van der Waals surface area contributed by atoms with Gasteiger partial charge in [-0.05, 0) is 54.5 Å². The molecule has 0 N–H and O–H groups in total. The standard InChI is InChI=1S/C26H33ClO2/c1-8-10-20-16-23(24(28)17(3)9-2)29-25(20)22(26(5,6)7)15-18(4)19-11-13-21(27)14-12-19/h10-17H,8-9H2,1-7H3/b18-15+,20-10+,25-22-. The Morgan fingerprint density at radius 3 is 2.31 bits per heavy atom.